The lowest BCUT2D eigenvalue weighted by molar-refractivity contribution is -0.283. The predicted molar refractivity (Wildman–Crippen MR) is 175 cm³/mol. The van der Waals surface area contributed by atoms with Gasteiger partial charge >= 0.3 is 23.9 Å². The van der Waals surface area contributed by atoms with Crippen LogP contribution < -0.4 is 0 Å². The number of ether oxygens (including phenoxy) is 5. The quantitative estimate of drug-likeness (QED) is 0.0630. The highest BCUT2D eigenvalue weighted by molar-refractivity contribution is 5.93. The molecule has 13 N–H and O–H groups in total. The number of carbonyl (C=O) groups is 4. The molecule has 1 fully saturated rings. The smallest absolute Gasteiger partial charge is 0.340 e. The molecule has 0 amide bonds. The summed E-state index contributed by atoms with van der Waals surface area (Å²) in [5.41, 5.74) is -2.65. The molecule has 296 valence electrons. The second-order valence-electron chi connectivity index (χ2n) is 11.7. The van der Waals surface area contributed by atoms with Crippen LogP contribution in [0.3, 0.4) is 0 Å². The van der Waals surface area contributed by atoms with E-state index in [9.17, 15) is 85.6 Å². The molecule has 0 unspecified atom stereocenters. The summed E-state index contributed by atoms with van der Waals surface area (Å²) in [5.74, 6) is -18.1. The normalized spacial score (nSPS) is 19.1. The molecule has 0 bridgehead atoms. The number of hydrogen-bond acceptors (Lipinski definition) is 22. The molecule has 22 heteroatoms. The first-order chi connectivity index (χ1) is 26.3. The summed E-state index contributed by atoms with van der Waals surface area (Å²) in [7, 11) is 0. The number of aliphatic hydroxyl groups is 1. The number of rotatable bonds is 9. The van der Waals surface area contributed by atoms with Gasteiger partial charge < -0.3 is 90.1 Å². The minimum Gasteiger partial charge on any atom is -0.504 e. The highest BCUT2D eigenvalue weighted by Crippen LogP contribution is 2.40. The first-order valence-corrected chi connectivity index (χ1v) is 15.4. The van der Waals surface area contributed by atoms with Gasteiger partial charge in [-0.05, 0) is 48.5 Å². The molecule has 0 spiro atoms. The van der Waals surface area contributed by atoms with Crippen molar-refractivity contribution in [1.29, 1.82) is 0 Å². The molecule has 1 aliphatic rings. The third-order valence-corrected chi connectivity index (χ3v) is 7.93. The predicted octanol–water partition coefficient (Wildman–Crippen LogP) is 0.705. The maximum Gasteiger partial charge on any atom is 0.340 e. The van der Waals surface area contributed by atoms with E-state index in [4.69, 9.17) is 23.7 Å². The summed E-state index contributed by atoms with van der Waals surface area (Å²) >= 11 is 0. The SMILES string of the molecule is O=C(OC[C@@H]1O[C@H](OC(=O)c2cc(O)c(O)c(O)c2)[C@@H](OC(=O)c2cc(O)c(O)c(O)c2)[C@H](OC(=O)c2cc(O)c(O)c(O)c2)[C@H]1O)c1cc(O)c(O)c(O)c1. The van der Waals surface area contributed by atoms with E-state index in [1.54, 1.807) is 0 Å². The molecule has 22 nitrogen and oxygen atoms in total. The lowest BCUT2D eigenvalue weighted by Crippen LogP contribution is -2.62. The van der Waals surface area contributed by atoms with Gasteiger partial charge in [0, 0.05) is 0 Å². The van der Waals surface area contributed by atoms with Crippen LogP contribution in [-0.4, -0.2) is 128 Å². The van der Waals surface area contributed by atoms with E-state index < -0.39 is 152 Å². The Morgan fingerprint density at radius 2 is 0.732 bits per heavy atom. The van der Waals surface area contributed by atoms with Crippen molar-refractivity contribution in [2.45, 2.75) is 30.7 Å². The zero-order chi connectivity index (χ0) is 41.3. The molecule has 56 heavy (non-hydrogen) atoms. The topological polar surface area (TPSA) is 377 Å². The number of benzene rings is 4. The highest BCUT2D eigenvalue weighted by atomic mass is 16.7. The lowest BCUT2D eigenvalue weighted by Gasteiger charge is -2.42. The minimum atomic E-state index is -2.36. The number of hydrogen-bond donors (Lipinski definition) is 13. The van der Waals surface area contributed by atoms with Crippen LogP contribution in [-0.2, 0) is 23.7 Å². The Hall–Kier alpha value is -7.72. The first-order valence-electron chi connectivity index (χ1n) is 15.4. The molecule has 5 atom stereocenters. The number of aliphatic hydroxyl groups excluding tert-OH is 1. The number of esters is 4. The first kappa shape index (κ1) is 39.5. The van der Waals surface area contributed by atoms with E-state index in [0.29, 0.717) is 48.5 Å². The third-order valence-electron chi connectivity index (χ3n) is 7.93. The zero-order valence-corrected chi connectivity index (χ0v) is 27.7. The van der Waals surface area contributed by atoms with Crippen LogP contribution in [0.2, 0.25) is 0 Å². The molecule has 0 aliphatic carbocycles. The Morgan fingerprint density at radius 3 is 1.07 bits per heavy atom. The van der Waals surface area contributed by atoms with E-state index in [-0.39, 0.29) is 0 Å². The average molecular weight is 789 g/mol. The highest BCUT2D eigenvalue weighted by Gasteiger charge is 2.52. The van der Waals surface area contributed by atoms with Crippen molar-refractivity contribution in [2.75, 3.05) is 6.61 Å². The van der Waals surface area contributed by atoms with Crippen molar-refractivity contribution in [3.63, 3.8) is 0 Å². The third kappa shape index (κ3) is 7.95. The Kier molecular flexibility index (Phi) is 10.8. The summed E-state index contributed by atoms with van der Waals surface area (Å²) in [6.07, 6.45) is -11.2. The Balaban J connectivity index is 1.55. The van der Waals surface area contributed by atoms with Gasteiger partial charge in [0.15, 0.2) is 75.1 Å². The van der Waals surface area contributed by atoms with Gasteiger partial charge in [-0.2, -0.15) is 0 Å². The minimum absolute atomic E-state index is 0.555. The van der Waals surface area contributed by atoms with E-state index in [1.165, 1.54) is 0 Å². The zero-order valence-electron chi connectivity index (χ0n) is 27.7. The van der Waals surface area contributed by atoms with Gasteiger partial charge in [-0.25, -0.2) is 19.2 Å². The van der Waals surface area contributed by atoms with E-state index in [1.807, 2.05) is 0 Å². The molecule has 4 aromatic carbocycles. The maximum absolute atomic E-state index is 13.4. The van der Waals surface area contributed by atoms with Gasteiger partial charge in [0.1, 0.15) is 18.8 Å². The fourth-order valence-electron chi connectivity index (χ4n) is 5.07. The van der Waals surface area contributed by atoms with Crippen LogP contribution in [0.5, 0.6) is 69.0 Å². The fourth-order valence-corrected chi connectivity index (χ4v) is 5.07. The molecule has 0 saturated carbocycles. The van der Waals surface area contributed by atoms with Gasteiger partial charge in [0.2, 0.25) is 12.4 Å². The largest absolute Gasteiger partial charge is 0.504 e. The van der Waals surface area contributed by atoms with Crippen LogP contribution in [0, 0.1) is 0 Å². The molecule has 1 heterocycles. The number of carbonyl (C=O) groups excluding carboxylic acids is 4. The van der Waals surface area contributed by atoms with E-state index in [2.05, 4.69) is 0 Å². The molecule has 1 saturated heterocycles. The van der Waals surface area contributed by atoms with Gasteiger partial charge in [0.05, 0.1) is 22.3 Å². The van der Waals surface area contributed by atoms with Crippen LogP contribution in [0.1, 0.15) is 41.4 Å². The van der Waals surface area contributed by atoms with Gasteiger partial charge in [-0.1, -0.05) is 0 Å². The fraction of sp³-hybridized carbons (Fsp3) is 0.176. The van der Waals surface area contributed by atoms with Crippen LogP contribution in [0.4, 0.5) is 0 Å². The summed E-state index contributed by atoms with van der Waals surface area (Å²) in [4.78, 5) is 52.9. The summed E-state index contributed by atoms with van der Waals surface area (Å²) in [5, 5.41) is 129. The molecule has 1 aliphatic heterocycles. The maximum atomic E-state index is 13.4. The molecule has 4 aromatic rings. The van der Waals surface area contributed by atoms with E-state index in [0.717, 1.165) is 0 Å². The van der Waals surface area contributed by atoms with Crippen molar-refractivity contribution in [3.8, 4) is 69.0 Å². The monoisotopic (exact) mass is 788 g/mol. The number of aromatic hydroxyl groups is 12. The van der Waals surface area contributed by atoms with Crippen LogP contribution in [0.25, 0.3) is 0 Å². The average Bonchev–Trinajstić information content (AvgIpc) is 3.14. The van der Waals surface area contributed by atoms with Gasteiger partial charge in [-0.3, -0.25) is 0 Å². The lowest BCUT2D eigenvalue weighted by atomic mass is 9.98. The van der Waals surface area contributed by atoms with E-state index >= 15 is 0 Å². The Bertz CT molecular complexity index is 2140. The second kappa shape index (κ2) is 15.3. The molecule has 5 rings (SSSR count). The Morgan fingerprint density at radius 1 is 0.446 bits per heavy atom. The molecular formula is C34H28O22. The van der Waals surface area contributed by atoms with Crippen molar-refractivity contribution in [1.82, 2.24) is 0 Å². The summed E-state index contributed by atoms with van der Waals surface area (Å²) < 4.78 is 26.7. The Labute approximate surface area is 310 Å². The van der Waals surface area contributed by atoms with Crippen molar-refractivity contribution < 1.29 is 109 Å². The van der Waals surface area contributed by atoms with Crippen LogP contribution >= 0.6 is 0 Å². The number of phenols is 12. The van der Waals surface area contributed by atoms with Gasteiger partial charge in [0.25, 0.3) is 0 Å². The number of phenolic OH excluding ortho intramolecular Hbond substituents is 12. The van der Waals surface area contributed by atoms with Crippen molar-refractivity contribution in [2.24, 2.45) is 0 Å². The van der Waals surface area contributed by atoms with Crippen LogP contribution in [0.15, 0.2) is 48.5 Å². The van der Waals surface area contributed by atoms with Gasteiger partial charge in [-0.15, -0.1) is 0 Å². The molecular weight excluding hydrogens is 760 g/mol. The second-order valence-corrected chi connectivity index (χ2v) is 11.7. The molecule has 0 radical (unpaired) electrons. The summed E-state index contributed by atoms with van der Waals surface area (Å²) in [6.45, 7) is -1.06. The standard InChI is InChI=1S/C34H28O22/c35-14-1-10(2-15(36)23(14)43)30(48)52-9-22-27(47)28(54-31(49)11-3-16(37)24(44)17(38)4-11)29(55-32(50)12-5-18(39)25(45)19(40)6-12)34(53-22)56-33(51)13-7-20(41)26(46)21(42)8-13/h1-8,22,27-29,34-47H,9H2/t22-,27-,28+,29-,34+/m0/s1. The molecule has 0 aromatic heterocycles. The summed E-state index contributed by atoms with van der Waals surface area (Å²) in [6, 6.07) is 5.01. The van der Waals surface area contributed by atoms with Crippen molar-refractivity contribution >= 4 is 23.9 Å². The van der Waals surface area contributed by atoms with Crippen molar-refractivity contribution in [3.05, 3.63) is 70.8 Å².